The van der Waals surface area contributed by atoms with Gasteiger partial charge in [-0.1, -0.05) is 12.1 Å². The summed E-state index contributed by atoms with van der Waals surface area (Å²) >= 11 is 0. The van der Waals surface area contributed by atoms with Gasteiger partial charge in [-0.05, 0) is 37.6 Å². The Bertz CT molecular complexity index is 493. The largest absolute Gasteiger partial charge is 0.334 e. The van der Waals surface area contributed by atoms with E-state index in [1.54, 1.807) is 12.1 Å². The van der Waals surface area contributed by atoms with Gasteiger partial charge in [-0.2, -0.15) is 0 Å². The maximum absolute atomic E-state index is 12.9. The summed E-state index contributed by atoms with van der Waals surface area (Å²) in [7, 11) is 0. The first-order chi connectivity index (χ1) is 8.75. The molecule has 18 heavy (non-hydrogen) atoms. The third-order valence-electron chi connectivity index (χ3n) is 2.93. The molecule has 4 heteroatoms. The Hall–Kier alpha value is -1.68. The van der Waals surface area contributed by atoms with Gasteiger partial charge in [0.2, 0.25) is 0 Å². The SMILES string of the molecule is Cc1nccn1CCNCCc1cccc(F)c1. The fourth-order valence-electron chi connectivity index (χ4n) is 1.89. The minimum absolute atomic E-state index is 0.165. The summed E-state index contributed by atoms with van der Waals surface area (Å²) in [4.78, 5) is 4.17. The van der Waals surface area contributed by atoms with E-state index in [1.165, 1.54) is 6.07 Å². The number of nitrogens with zero attached hydrogens (tertiary/aromatic N) is 2. The highest BCUT2D eigenvalue weighted by Crippen LogP contribution is 2.03. The summed E-state index contributed by atoms with van der Waals surface area (Å²) in [5.41, 5.74) is 1.03. The van der Waals surface area contributed by atoms with Gasteiger partial charge in [0, 0.05) is 25.5 Å². The van der Waals surface area contributed by atoms with Crippen molar-refractivity contribution in [2.75, 3.05) is 13.1 Å². The monoisotopic (exact) mass is 247 g/mol. The Balaban J connectivity index is 1.66. The summed E-state index contributed by atoms with van der Waals surface area (Å²) in [6, 6.07) is 6.75. The van der Waals surface area contributed by atoms with Crippen LogP contribution in [-0.2, 0) is 13.0 Å². The predicted octanol–water partition coefficient (Wildman–Crippen LogP) is 2.16. The Kier molecular flexibility index (Phi) is 4.47. The second-order valence-electron chi connectivity index (χ2n) is 4.30. The molecular formula is C14H18FN3. The van der Waals surface area contributed by atoms with E-state index < -0.39 is 0 Å². The van der Waals surface area contributed by atoms with Crippen LogP contribution in [0.1, 0.15) is 11.4 Å². The molecule has 0 amide bonds. The maximum atomic E-state index is 12.9. The van der Waals surface area contributed by atoms with Gasteiger partial charge in [0.1, 0.15) is 11.6 Å². The van der Waals surface area contributed by atoms with Gasteiger partial charge in [0.05, 0.1) is 0 Å². The molecule has 0 radical (unpaired) electrons. The van der Waals surface area contributed by atoms with E-state index in [-0.39, 0.29) is 5.82 Å². The normalized spacial score (nSPS) is 10.8. The number of halogens is 1. The van der Waals surface area contributed by atoms with Gasteiger partial charge < -0.3 is 9.88 Å². The van der Waals surface area contributed by atoms with Crippen LogP contribution >= 0.6 is 0 Å². The number of nitrogens with one attached hydrogen (secondary N) is 1. The third-order valence-corrected chi connectivity index (χ3v) is 2.93. The molecule has 0 aliphatic carbocycles. The molecule has 2 rings (SSSR count). The summed E-state index contributed by atoms with van der Waals surface area (Å²) in [6.45, 7) is 4.66. The minimum atomic E-state index is -0.165. The van der Waals surface area contributed by atoms with Crippen molar-refractivity contribution in [3.8, 4) is 0 Å². The van der Waals surface area contributed by atoms with Crippen LogP contribution in [0.15, 0.2) is 36.7 Å². The van der Waals surface area contributed by atoms with Crippen molar-refractivity contribution >= 4 is 0 Å². The molecule has 3 nitrogen and oxygen atoms in total. The van der Waals surface area contributed by atoms with Crippen LogP contribution in [0.25, 0.3) is 0 Å². The Morgan fingerprint density at radius 2 is 2.22 bits per heavy atom. The molecule has 0 saturated carbocycles. The van der Waals surface area contributed by atoms with Crippen molar-refractivity contribution in [2.45, 2.75) is 19.9 Å². The van der Waals surface area contributed by atoms with Crippen molar-refractivity contribution in [1.82, 2.24) is 14.9 Å². The summed E-state index contributed by atoms with van der Waals surface area (Å²) in [5, 5.41) is 3.35. The lowest BCUT2D eigenvalue weighted by molar-refractivity contribution is 0.586. The Morgan fingerprint density at radius 1 is 1.33 bits per heavy atom. The van der Waals surface area contributed by atoms with E-state index in [2.05, 4.69) is 14.9 Å². The molecule has 1 aromatic heterocycles. The zero-order chi connectivity index (χ0) is 12.8. The summed E-state index contributed by atoms with van der Waals surface area (Å²) in [6.07, 6.45) is 4.63. The number of hydrogen-bond donors (Lipinski definition) is 1. The predicted molar refractivity (Wildman–Crippen MR) is 69.9 cm³/mol. The molecule has 0 fully saturated rings. The molecule has 1 aromatic carbocycles. The molecule has 1 heterocycles. The zero-order valence-electron chi connectivity index (χ0n) is 10.6. The van der Waals surface area contributed by atoms with Crippen molar-refractivity contribution < 1.29 is 4.39 Å². The Labute approximate surface area is 107 Å². The topological polar surface area (TPSA) is 29.9 Å². The molecule has 0 atom stereocenters. The van der Waals surface area contributed by atoms with Gasteiger partial charge in [-0.15, -0.1) is 0 Å². The average molecular weight is 247 g/mol. The fraction of sp³-hybridized carbons (Fsp3) is 0.357. The van der Waals surface area contributed by atoms with E-state index in [4.69, 9.17) is 0 Å². The second-order valence-corrected chi connectivity index (χ2v) is 4.30. The van der Waals surface area contributed by atoms with Gasteiger partial charge in [-0.3, -0.25) is 0 Å². The van der Waals surface area contributed by atoms with Crippen LogP contribution in [0.2, 0.25) is 0 Å². The molecule has 0 bridgehead atoms. The summed E-state index contributed by atoms with van der Waals surface area (Å²) < 4.78 is 15.0. The molecule has 0 aliphatic rings. The first-order valence-corrected chi connectivity index (χ1v) is 6.18. The van der Waals surface area contributed by atoms with E-state index in [0.717, 1.165) is 37.4 Å². The Morgan fingerprint density at radius 3 is 2.94 bits per heavy atom. The minimum Gasteiger partial charge on any atom is -0.334 e. The van der Waals surface area contributed by atoms with Crippen molar-refractivity contribution in [3.63, 3.8) is 0 Å². The van der Waals surface area contributed by atoms with Crippen molar-refractivity contribution in [2.24, 2.45) is 0 Å². The van der Waals surface area contributed by atoms with Gasteiger partial charge in [0.15, 0.2) is 0 Å². The van der Waals surface area contributed by atoms with Crippen LogP contribution in [0.4, 0.5) is 4.39 Å². The van der Waals surface area contributed by atoms with Gasteiger partial charge in [0.25, 0.3) is 0 Å². The van der Waals surface area contributed by atoms with Gasteiger partial charge >= 0.3 is 0 Å². The molecule has 1 N–H and O–H groups in total. The molecular weight excluding hydrogens is 229 g/mol. The summed E-state index contributed by atoms with van der Waals surface area (Å²) in [5.74, 6) is 0.864. The standard InChI is InChI=1S/C14H18FN3/c1-12-17-8-10-18(12)9-7-16-6-5-13-3-2-4-14(15)11-13/h2-4,8,10-11,16H,5-7,9H2,1H3. The van der Waals surface area contributed by atoms with Crippen LogP contribution in [0, 0.1) is 12.7 Å². The number of rotatable bonds is 6. The smallest absolute Gasteiger partial charge is 0.123 e. The first kappa shape index (κ1) is 12.8. The molecule has 0 saturated heterocycles. The quantitative estimate of drug-likeness (QED) is 0.793. The first-order valence-electron chi connectivity index (χ1n) is 6.18. The third kappa shape index (κ3) is 3.67. The lowest BCUT2D eigenvalue weighted by Crippen LogP contribution is -2.22. The maximum Gasteiger partial charge on any atom is 0.123 e. The lowest BCUT2D eigenvalue weighted by atomic mass is 10.1. The van der Waals surface area contributed by atoms with Crippen molar-refractivity contribution in [1.29, 1.82) is 0 Å². The highest BCUT2D eigenvalue weighted by molar-refractivity contribution is 5.16. The van der Waals surface area contributed by atoms with E-state index in [1.807, 2.05) is 25.4 Å². The average Bonchev–Trinajstić information content (AvgIpc) is 2.75. The lowest BCUT2D eigenvalue weighted by Gasteiger charge is -2.07. The number of aryl methyl sites for hydroxylation is 1. The molecule has 96 valence electrons. The van der Waals surface area contributed by atoms with Crippen LogP contribution < -0.4 is 5.32 Å². The highest BCUT2D eigenvalue weighted by atomic mass is 19.1. The molecule has 0 spiro atoms. The second kappa shape index (κ2) is 6.31. The van der Waals surface area contributed by atoms with Crippen LogP contribution in [0.3, 0.4) is 0 Å². The fourth-order valence-corrected chi connectivity index (χ4v) is 1.89. The number of benzene rings is 1. The number of imidazole rings is 1. The number of hydrogen-bond acceptors (Lipinski definition) is 2. The van der Waals surface area contributed by atoms with Crippen LogP contribution in [0.5, 0.6) is 0 Å². The zero-order valence-corrected chi connectivity index (χ0v) is 10.6. The molecule has 0 unspecified atom stereocenters. The number of aromatic nitrogens is 2. The van der Waals surface area contributed by atoms with Crippen molar-refractivity contribution in [3.05, 3.63) is 53.9 Å². The molecule has 2 aromatic rings. The highest BCUT2D eigenvalue weighted by Gasteiger charge is 1.97. The van der Waals surface area contributed by atoms with E-state index in [0.29, 0.717) is 0 Å². The van der Waals surface area contributed by atoms with E-state index in [9.17, 15) is 4.39 Å². The van der Waals surface area contributed by atoms with Gasteiger partial charge in [-0.25, -0.2) is 9.37 Å². The molecule has 0 aliphatic heterocycles. The van der Waals surface area contributed by atoms with E-state index >= 15 is 0 Å². The van der Waals surface area contributed by atoms with Crippen LogP contribution in [-0.4, -0.2) is 22.6 Å².